The predicted octanol–water partition coefficient (Wildman–Crippen LogP) is -0.463. The number of ketones is 2. The third kappa shape index (κ3) is 4.39. The zero-order valence-electron chi connectivity index (χ0n) is 13.8. The van der Waals surface area contributed by atoms with Crippen molar-refractivity contribution in [3.63, 3.8) is 0 Å². The van der Waals surface area contributed by atoms with Gasteiger partial charge in [0.1, 0.15) is 12.1 Å². The van der Waals surface area contributed by atoms with Crippen LogP contribution in [0.2, 0.25) is 0 Å². The van der Waals surface area contributed by atoms with Crippen molar-refractivity contribution in [1.82, 2.24) is 0 Å². The molecule has 4 rings (SSSR count). The van der Waals surface area contributed by atoms with Crippen LogP contribution in [0.25, 0.3) is 0 Å². The SMILES string of the molecule is O=C1c2cc(S(=O)(=O)O)ccc2NC1C1Nc2ccc(S(=O)(=O)O)cc2C1=O.[NaH].[NaH]. The van der Waals surface area contributed by atoms with Gasteiger partial charge in [0.15, 0.2) is 11.6 Å². The summed E-state index contributed by atoms with van der Waals surface area (Å²) in [5.41, 5.74) is 0.603. The Balaban J connectivity index is 0.00000160. The van der Waals surface area contributed by atoms with Crippen molar-refractivity contribution >= 4 is 102 Å². The second-order valence-corrected chi connectivity index (χ2v) is 9.18. The number of rotatable bonds is 3. The van der Waals surface area contributed by atoms with Gasteiger partial charge in [-0.3, -0.25) is 18.7 Å². The van der Waals surface area contributed by atoms with Crippen LogP contribution in [0.3, 0.4) is 0 Å². The number of anilines is 2. The minimum absolute atomic E-state index is 0. The summed E-state index contributed by atoms with van der Waals surface area (Å²) in [6.45, 7) is 0. The van der Waals surface area contributed by atoms with Crippen molar-refractivity contribution in [2.24, 2.45) is 0 Å². The number of nitrogens with one attached hydrogen (secondary N) is 2. The normalized spacial score (nSPS) is 19.7. The van der Waals surface area contributed by atoms with Crippen LogP contribution in [-0.4, -0.2) is 109 Å². The van der Waals surface area contributed by atoms with Gasteiger partial charge in [-0.2, -0.15) is 16.8 Å². The van der Waals surface area contributed by atoms with Gasteiger partial charge in [0.05, 0.1) is 9.79 Å². The first-order chi connectivity index (χ1) is 13.0. The molecule has 150 valence electrons. The average Bonchev–Trinajstić information content (AvgIpc) is 3.10. The number of hydrogen-bond acceptors (Lipinski definition) is 8. The molecule has 0 aliphatic carbocycles. The molecule has 10 nitrogen and oxygen atoms in total. The summed E-state index contributed by atoms with van der Waals surface area (Å²) in [4.78, 5) is 24.5. The molecule has 30 heavy (non-hydrogen) atoms. The fourth-order valence-corrected chi connectivity index (χ4v) is 4.31. The van der Waals surface area contributed by atoms with Gasteiger partial charge in [-0.15, -0.1) is 0 Å². The minimum atomic E-state index is -4.50. The zero-order valence-corrected chi connectivity index (χ0v) is 15.4. The van der Waals surface area contributed by atoms with Gasteiger partial charge < -0.3 is 10.6 Å². The third-order valence-corrected chi connectivity index (χ3v) is 6.33. The zero-order chi connectivity index (χ0) is 20.4. The molecule has 2 aromatic carbocycles. The van der Waals surface area contributed by atoms with Gasteiger partial charge in [0.2, 0.25) is 0 Å². The monoisotopic (exact) mass is 472 g/mol. The van der Waals surface area contributed by atoms with E-state index in [1.165, 1.54) is 12.1 Å². The van der Waals surface area contributed by atoms with Crippen LogP contribution in [0.15, 0.2) is 46.2 Å². The number of carbonyl (C=O) groups is 2. The first kappa shape index (κ1) is 25.5. The Morgan fingerprint density at radius 2 is 1.00 bits per heavy atom. The predicted molar refractivity (Wildman–Crippen MR) is 110 cm³/mol. The molecule has 2 heterocycles. The van der Waals surface area contributed by atoms with Crippen LogP contribution >= 0.6 is 0 Å². The summed E-state index contributed by atoms with van der Waals surface area (Å²) in [6.07, 6.45) is 0. The standard InChI is InChI=1S/C16H12N2O8S2.2Na.2H/c19-15-9-5-7(27(21,22)23)1-3-11(9)17-13(15)14-16(20)10-6-8(28(24,25)26)2-4-12(10)18-14;;;;/h1-6,13-14,17-18H,(H,21,22,23)(H,24,25,26);;;;. The quantitative estimate of drug-likeness (QED) is 0.339. The van der Waals surface area contributed by atoms with Gasteiger partial charge in [0.25, 0.3) is 20.2 Å². The van der Waals surface area contributed by atoms with E-state index >= 15 is 0 Å². The number of hydrogen-bond donors (Lipinski definition) is 4. The molecule has 0 radical (unpaired) electrons. The second kappa shape index (κ2) is 8.62. The maximum atomic E-state index is 12.7. The van der Waals surface area contributed by atoms with Crippen LogP contribution in [0.5, 0.6) is 0 Å². The first-order valence-corrected chi connectivity index (χ1v) is 10.7. The molecule has 2 unspecified atom stereocenters. The molecule has 4 N–H and O–H groups in total. The molecular weight excluding hydrogens is 458 g/mol. The van der Waals surface area contributed by atoms with Crippen molar-refractivity contribution in [2.45, 2.75) is 21.9 Å². The van der Waals surface area contributed by atoms with Crippen LogP contribution in [0.4, 0.5) is 11.4 Å². The van der Waals surface area contributed by atoms with Gasteiger partial charge in [-0.05, 0) is 36.4 Å². The Labute approximate surface area is 215 Å². The van der Waals surface area contributed by atoms with E-state index in [1.54, 1.807) is 0 Å². The molecule has 0 saturated heterocycles. The summed E-state index contributed by atoms with van der Waals surface area (Å²) in [6, 6.07) is 4.74. The molecule has 0 amide bonds. The fraction of sp³-hybridized carbons (Fsp3) is 0.125. The van der Waals surface area contributed by atoms with Gasteiger partial charge >= 0.3 is 59.1 Å². The third-order valence-electron chi connectivity index (χ3n) is 4.63. The number of fused-ring (bicyclic) bond motifs is 2. The van der Waals surface area contributed by atoms with Crippen molar-refractivity contribution in [1.29, 1.82) is 0 Å². The van der Waals surface area contributed by atoms with E-state index in [9.17, 15) is 26.4 Å². The molecule has 14 heteroatoms. The molecular formula is C16H14N2Na2O8S2. The van der Waals surface area contributed by atoms with Crippen LogP contribution in [-0.2, 0) is 20.2 Å². The topological polar surface area (TPSA) is 167 Å². The number of carbonyl (C=O) groups excluding carboxylic acids is 2. The summed E-state index contributed by atoms with van der Waals surface area (Å²) in [5.74, 6) is -1.12. The molecule has 2 aliphatic rings. The number of Topliss-reactive ketones (excluding diaryl/α,β-unsaturated/α-hetero) is 2. The molecule has 0 bridgehead atoms. The Hall–Kier alpha value is -0.800. The first-order valence-electron chi connectivity index (χ1n) is 7.81. The van der Waals surface area contributed by atoms with E-state index in [1.807, 2.05) is 0 Å². The summed E-state index contributed by atoms with van der Waals surface area (Å²) in [7, 11) is -9.00. The van der Waals surface area contributed by atoms with E-state index < -0.39 is 53.7 Å². The Morgan fingerprint density at radius 1 is 0.667 bits per heavy atom. The van der Waals surface area contributed by atoms with Crippen molar-refractivity contribution in [2.75, 3.05) is 10.6 Å². The Morgan fingerprint density at radius 3 is 1.30 bits per heavy atom. The summed E-state index contributed by atoms with van der Waals surface area (Å²) < 4.78 is 63.4. The Bertz CT molecular complexity index is 1180. The molecule has 0 aromatic heterocycles. The van der Waals surface area contributed by atoms with Crippen molar-refractivity contribution in [3.05, 3.63) is 47.5 Å². The molecule has 2 aromatic rings. The Kier molecular flexibility index (Phi) is 7.31. The van der Waals surface area contributed by atoms with Crippen LogP contribution in [0, 0.1) is 0 Å². The molecule has 2 aliphatic heterocycles. The van der Waals surface area contributed by atoms with E-state index in [4.69, 9.17) is 9.11 Å². The molecule has 0 spiro atoms. The van der Waals surface area contributed by atoms with E-state index in [2.05, 4.69) is 10.6 Å². The summed E-state index contributed by atoms with van der Waals surface area (Å²) in [5, 5.41) is 5.68. The van der Waals surface area contributed by atoms with Crippen LogP contribution < -0.4 is 10.6 Å². The van der Waals surface area contributed by atoms with Crippen LogP contribution in [0.1, 0.15) is 20.7 Å². The van der Waals surface area contributed by atoms with Crippen molar-refractivity contribution in [3.8, 4) is 0 Å². The molecule has 0 saturated carbocycles. The van der Waals surface area contributed by atoms with Gasteiger partial charge in [0, 0.05) is 22.5 Å². The molecule has 0 fully saturated rings. The van der Waals surface area contributed by atoms with Gasteiger partial charge in [-0.1, -0.05) is 0 Å². The fourth-order valence-electron chi connectivity index (χ4n) is 3.30. The van der Waals surface area contributed by atoms with Crippen molar-refractivity contribution < 1.29 is 35.5 Å². The van der Waals surface area contributed by atoms with E-state index in [0.29, 0.717) is 11.4 Å². The maximum absolute atomic E-state index is 12.7. The van der Waals surface area contributed by atoms with Gasteiger partial charge in [-0.25, -0.2) is 0 Å². The average molecular weight is 472 g/mol. The van der Waals surface area contributed by atoms with E-state index in [0.717, 1.165) is 24.3 Å². The number of benzene rings is 2. The van der Waals surface area contributed by atoms with E-state index in [-0.39, 0.29) is 70.2 Å². The second-order valence-electron chi connectivity index (χ2n) is 6.34. The summed E-state index contributed by atoms with van der Waals surface area (Å²) >= 11 is 0. The molecule has 2 atom stereocenters.